The van der Waals surface area contributed by atoms with Crippen molar-refractivity contribution < 1.29 is 9.53 Å². The summed E-state index contributed by atoms with van der Waals surface area (Å²) >= 11 is 0. The standard InChI is InChI=1S/C18H24N4O2/c1-24-17-7-3-2-5-15(17)12-20-18(23)13-22-16(8-10-21-22)14-6-4-9-19-11-14/h2-3,5,7-8,10,14,19H,4,6,9,11-13H2,1H3,(H,20,23)/t14-/m0/s1. The molecule has 1 aromatic carbocycles. The van der Waals surface area contributed by atoms with Crippen molar-refractivity contribution in [3.63, 3.8) is 0 Å². The van der Waals surface area contributed by atoms with Crippen LogP contribution in [0.4, 0.5) is 0 Å². The van der Waals surface area contributed by atoms with Gasteiger partial charge in [0.25, 0.3) is 0 Å². The van der Waals surface area contributed by atoms with Crippen molar-refractivity contribution in [2.24, 2.45) is 0 Å². The number of rotatable bonds is 6. The first-order valence-electron chi connectivity index (χ1n) is 8.39. The fourth-order valence-corrected chi connectivity index (χ4v) is 3.16. The minimum Gasteiger partial charge on any atom is -0.496 e. The second-order valence-electron chi connectivity index (χ2n) is 6.05. The van der Waals surface area contributed by atoms with Crippen molar-refractivity contribution >= 4 is 5.91 Å². The number of nitrogens with one attached hydrogen (secondary N) is 2. The third kappa shape index (κ3) is 3.94. The van der Waals surface area contributed by atoms with Gasteiger partial charge < -0.3 is 15.4 Å². The molecule has 0 saturated carbocycles. The molecule has 1 aliphatic rings. The lowest BCUT2D eigenvalue weighted by molar-refractivity contribution is -0.122. The highest BCUT2D eigenvalue weighted by molar-refractivity contribution is 5.75. The summed E-state index contributed by atoms with van der Waals surface area (Å²) in [5.41, 5.74) is 2.10. The Kier molecular flexibility index (Phi) is 5.48. The van der Waals surface area contributed by atoms with Crippen LogP contribution in [0.15, 0.2) is 36.5 Å². The van der Waals surface area contributed by atoms with Crippen molar-refractivity contribution in [1.29, 1.82) is 0 Å². The lowest BCUT2D eigenvalue weighted by atomic mass is 9.96. The number of para-hydroxylation sites is 1. The Balaban J connectivity index is 1.58. The Hall–Kier alpha value is -2.34. The molecule has 0 unspecified atom stereocenters. The van der Waals surface area contributed by atoms with Gasteiger partial charge in [-0.3, -0.25) is 9.48 Å². The van der Waals surface area contributed by atoms with Crippen molar-refractivity contribution in [2.45, 2.75) is 31.8 Å². The van der Waals surface area contributed by atoms with Gasteiger partial charge in [-0.2, -0.15) is 5.10 Å². The van der Waals surface area contributed by atoms with E-state index in [1.54, 1.807) is 13.3 Å². The lowest BCUT2D eigenvalue weighted by Gasteiger charge is -2.23. The maximum Gasteiger partial charge on any atom is 0.242 e. The highest BCUT2D eigenvalue weighted by atomic mass is 16.5. The van der Waals surface area contributed by atoms with E-state index < -0.39 is 0 Å². The molecule has 1 aromatic heterocycles. The van der Waals surface area contributed by atoms with Gasteiger partial charge in [-0.05, 0) is 31.5 Å². The van der Waals surface area contributed by atoms with Crippen LogP contribution >= 0.6 is 0 Å². The molecule has 2 N–H and O–H groups in total. The Morgan fingerprint density at radius 3 is 3.08 bits per heavy atom. The van der Waals surface area contributed by atoms with Crippen molar-refractivity contribution in [2.75, 3.05) is 20.2 Å². The summed E-state index contributed by atoms with van der Waals surface area (Å²) in [5.74, 6) is 1.17. The number of aromatic nitrogens is 2. The lowest BCUT2D eigenvalue weighted by Crippen LogP contribution is -2.32. The first kappa shape index (κ1) is 16.5. The first-order valence-corrected chi connectivity index (χ1v) is 8.39. The summed E-state index contributed by atoms with van der Waals surface area (Å²) in [5, 5.41) is 10.7. The van der Waals surface area contributed by atoms with Crippen molar-refractivity contribution in [1.82, 2.24) is 20.4 Å². The molecule has 6 heteroatoms. The zero-order valence-corrected chi connectivity index (χ0v) is 14.0. The van der Waals surface area contributed by atoms with E-state index in [0.717, 1.165) is 42.9 Å². The number of ether oxygens (including phenoxy) is 1. The molecule has 1 aliphatic heterocycles. The maximum absolute atomic E-state index is 12.3. The van der Waals surface area contributed by atoms with Crippen molar-refractivity contribution in [3.8, 4) is 5.75 Å². The number of nitrogens with zero attached hydrogens (tertiary/aromatic N) is 2. The number of benzene rings is 1. The van der Waals surface area contributed by atoms with Gasteiger partial charge in [0.05, 0.1) is 7.11 Å². The molecule has 1 atom stereocenters. The molecule has 6 nitrogen and oxygen atoms in total. The van der Waals surface area contributed by atoms with E-state index in [-0.39, 0.29) is 12.5 Å². The van der Waals surface area contributed by atoms with Crippen LogP contribution in [0, 0.1) is 0 Å². The maximum atomic E-state index is 12.3. The zero-order valence-electron chi connectivity index (χ0n) is 14.0. The van der Waals surface area contributed by atoms with Gasteiger partial charge in [0.15, 0.2) is 0 Å². The third-order valence-corrected chi connectivity index (χ3v) is 4.43. The van der Waals surface area contributed by atoms with Crippen LogP contribution in [-0.2, 0) is 17.9 Å². The fourth-order valence-electron chi connectivity index (χ4n) is 3.16. The molecule has 1 fully saturated rings. The molecule has 1 saturated heterocycles. The molecule has 0 radical (unpaired) electrons. The zero-order chi connectivity index (χ0) is 16.8. The number of piperidine rings is 1. The van der Waals surface area contributed by atoms with Crippen LogP contribution in [0.5, 0.6) is 5.75 Å². The average Bonchev–Trinajstić information content (AvgIpc) is 3.09. The number of hydrogen-bond donors (Lipinski definition) is 2. The van der Waals surface area contributed by atoms with E-state index in [4.69, 9.17) is 4.74 Å². The van der Waals surface area contributed by atoms with Gasteiger partial charge in [-0.1, -0.05) is 18.2 Å². The summed E-state index contributed by atoms with van der Waals surface area (Å²) in [6.45, 7) is 2.72. The predicted molar refractivity (Wildman–Crippen MR) is 91.9 cm³/mol. The first-order chi connectivity index (χ1) is 11.8. The Morgan fingerprint density at radius 2 is 2.29 bits per heavy atom. The van der Waals surface area contributed by atoms with Gasteiger partial charge in [0.1, 0.15) is 12.3 Å². The second-order valence-corrected chi connectivity index (χ2v) is 6.05. The Bertz CT molecular complexity index is 677. The molecular weight excluding hydrogens is 304 g/mol. The largest absolute Gasteiger partial charge is 0.496 e. The molecule has 3 rings (SSSR count). The highest BCUT2D eigenvalue weighted by Gasteiger charge is 2.19. The topological polar surface area (TPSA) is 68.2 Å². The highest BCUT2D eigenvalue weighted by Crippen LogP contribution is 2.22. The summed E-state index contributed by atoms with van der Waals surface area (Å²) < 4.78 is 7.12. The minimum absolute atomic E-state index is 0.0466. The number of carbonyl (C=O) groups excluding carboxylic acids is 1. The van der Waals surface area contributed by atoms with Gasteiger partial charge in [-0.25, -0.2) is 0 Å². The van der Waals surface area contributed by atoms with E-state index in [0.29, 0.717) is 12.5 Å². The van der Waals surface area contributed by atoms with Crippen LogP contribution in [0.3, 0.4) is 0 Å². The average molecular weight is 328 g/mol. The summed E-state index contributed by atoms with van der Waals surface area (Å²) in [6.07, 6.45) is 4.08. The van der Waals surface area contributed by atoms with Crippen LogP contribution in [-0.4, -0.2) is 35.9 Å². The van der Waals surface area contributed by atoms with Gasteiger partial charge in [0, 0.05) is 36.5 Å². The van der Waals surface area contributed by atoms with Crippen molar-refractivity contribution in [3.05, 3.63) is 47.8 Å². The normalized spacial score (nSPS) is 17.5. The van der Waals surface area contributed by atoms with E-state index in [2.05, 4.69) is 15.7 Å². The third-order valence-electron chi connectivity index (χ3n) is 4.43. The molecule has 24 heavy (non-hydrogen) atoms. The van der Waals surface area contributed by atoms with Crippen LogP contribution < -0.4 is 15.4 Å². The molecule has 0 bridgehead atoms. The summed E-state index contributed by atoms with van der Waals surface area (Å²) in [6, 6.07) is 9.71. The Labute approximate surface area is 142 Å². The van der Waals surface area contributed by atoms with E-state index >= 15 is 0 Å². The van der Waals surface area contributed by atoms with Gasteiger partial charge in [0.2, 0.25) is 5.91 Å². The van der Waals surface area contributed by atoms with Crippen LogP contribution in [0.2, 0.25) is 0 Å². The smallest absolute Gasteiger partial charge is 0.242 e. The molecule has 2 aromatic rings. The fraction of sp³-hybridized carbons (Fsp3) is 0.444. The molecule has 1 amide bonds. The summed E-state index contributed by atoms with van der Waals surface area (Å²) in [7, 11) is 1.63. The number of methoxy groups -OCH3 is 1. The van der Waals surface area contributed by atoms with Crippen LogP contribution in [0.1, 0.15) is 30.0 Å². The quantitative estimate of drug-likeness (QED) is 0.846. The second kappa shape index (κ2) is 7.97. The SMILES string of the molecule is COc1ccccc1CNC(=O)Cn1nccc1[C@H]1CCCNC1. The number of carbonyl (C=O) groups is 1. The molecule has 0 aliphatic carbocycles. The predicted octanol–water partition coefficient (Wildman–Crippen LogP) is 1.68. The van der Waals surface area contributed by atoms with Crippen LogP contribution in [0.25, 0.3) is 0 Å². The molecule has 128 valence electrons. The summed E-state index contributed by atoms with van der Waals surface area (Å²) in [4.78, 5) is 12.3. The molecule has 0 spiro atoms. The molecule has 2 heterocycles. The minimum atomic E-state index is -0.0466. The van der Waals surface area contributed by atoms with E-state index in [1.165, 1.54) is 0 Å². The number of amides is 1. The Morgan fingerprint density at radius 1 is 1.42 bits per heavy atom. The van der Waals surface area contributed by atoms with Gasteiger partial charge in [-0.15, -0.1) is 0 Å². The van der Waals surface area contributed by atoms with E-state index in [9.17, 15) is 4.79 Å². The number of hydrogen-bond acceptors (Lipinski definition) is 4. The monoisotopic (exact) mass is 328 g/mol. The molecular formula is C18H24N4O2. The van der Waals surface area contributed by atoms with E-state index in [1.807, 2.05) is 35.0 Å². The van der Waals surface area contributed by atoms with Gasteiger partial charge >= 0.3 is 0 Å².